The summed E-state index contributed by atoms with van der Waals surface area (Å²) in [5.41, 5.74) is 3.07. The van der Waals surface area contributed by atoms with Crippen molar-refractivity contribution in [1.82, 2.24) is 4.90 Å². The fourth-order valence-electron chi connectivity index (χ4n) is 3.41. The number of anilines is 1. The van der Waals surface area contributed by atoms with E-state index in [0.717, 1.165) is 37.1 Å². The van der Waals surface area contributed by atoms with Crippen LogP contribution >= 0.6 is 0 Å². The van der Waals surface area contributed by atoms with Crippen molar-refractivity contribution in [1.29, 1.82) is 0 Å². The smallest absolute Gasteiger partial charge is 0.253 e. The SMILES string of the molecule is COc1ccc(CC(=O)Nc2ccc(C(=O)N3CCCC3)cc2C)cc1OC. The number of carbonyl (C=O) groups is 2. The molecule has 0 unspecified atom stereocenters. The van der Waals surface area contributed by atoms with Crippen molar-refractivity contribution in [2.75, 3.05) is 32.6 Å². The van der Waals surface area contributed by atoms with Crippen LogP contribution in [0.1, 0.15) is 34.3 Å². The molecule has 3 rings (SSSR count). The van der Waals surface area contributed by atoms with E-state index in [-0.39, 0.29) is 18.2 Å². The average molecular weight is 382 g/mol. The third kappa shape index (κ3) is 4.44. The summed E-state index contributed by atoms with van der Waals surface area (Å²) in [7, 11) is 3.14. The highest BCUT2D eigenvalue weighted by Crippen LogP contribution is 2.28. The fourth-order valence-corrected chi connectivity index (χ4v) is 3.41. The molecule has 1 heterocycles. The summed E-state index contributed by atoms with van der Waals surface area (Å²) >= 11 is 0. The number of carbonyl (C=O) groups excluding carboxylic acids is 2. The zero-order valence-corrected chi connectivity index (χ0v) is 16.6. The number of hydrogen-bond donors (Lipinski definition) is 1. The predicted octanol–water partition coefficient (Wildman–Crippen LogP) is 3.43. The zero-order chi connectivity index (χ0) is 20.1. The number of nitrogens with one attached hydrogen (secondary N) is 1. The van der Waals surface area contributed by atoms with Gasteiger partial charge in [-0.2, -0.15) is 0 Å². The Morgan fingerprint density at radius 2 is 1.71 bits per heavy atom. The van der Waals surface area contributed by atoms with Crippen molar-refractivity contribution in [2.24, 2.45) is 0 Å². The first-order chi connectivity index (χ1) is 13.5. The van der Waals surface area contributed by atoms with Gasteiger partial charge in [0, 0.05) is 24.3 Å². The second-order valence-electron chi connectivity index (χ2n) is 6.94. The van der Waals surface area contributed by atoms with Gasteiger partial charge in [0.1, 0.15) is 0 Å². The van der Waals surface area contributed by atoms with Crippen LogP contribution in [0.15, 0.2) is 36.4 Å². The van der Waals surface area contributed by atoms with Gasteiger partial charge >= 0.3 is 0 Å². The average Bonchev–Trinajstić information content (AvgIpc) is 3.23. The van der Waals surface area contributed by atoms with Gasteiger partial charge in [-0.15, -0.1) is 0 Å². The van der Waals surface area contributed by atoms with E-state index in [1.807, 2.05) is 24.0 Å². The Labute approximate surface area is 165 Å². The quantitative estimate of drug-likeness (QED) is 0.831. The van der Waals surface area contributed by atoms with Gasteiger partial charge in [-0.3, -0.25) is 9.59 Å². The largest absolute Gasteiger partial charge is 0.493 e. The number of amides is 2. The number of likely N-dealkylation sites (tertiary alicyclic amines) is 1. The molecule has 148 valence electrons. The molecule has 2 aromatic carbocycles. The number of ether oxygens (including phenoxy) is 2. The maximum atomic E-state index is 12.5. The summed E-state index contributed by atoms with van der Waals surface area (Å²) in [5.74, 6) is 1.15. The third-order valence-electron chi connectivity index (χ3n) is 4.95. The number of rotatable bonds is 6. The molecule has 2 aromatic rings. The van der Waals surface area contributed by atoms with E-state index in [4.69, 9.17) is 9.47 Å². The van der Waals surface area contributed by atoms with E-state index in [1.165, 1.54) is 0 Å². The van der Waals surface area contributed by atoms with E-state index >= 15 is 0 Å². The lowest BCUT2D eigenvalue weighted by Gasteiger charge is -2.16. The van der Waals surface area contributed by atoms with Gasteiger partial charge in [0.05, 0.1) is 20.6 Å². The van der Waals surface area contributed by atoms with Crippen LogP contribution < -0.4 is 14.8 Å². The van der Waals surface area contributed by atoms with Crippen molar-refractivity contribution < 1.29 is 19.1 Å². The summed E-state index contributed by atoms with van der Waals surface area (Å²) in [6.45, 7) is 3.54. The molecular weight excluding hydrogens is 356 g/mol. The summed E-state index contributed by atoms with van der Waals surface area (Å²) in [6, 6.07) is 10.8. The van der Waals surface area contributed by atoms with Crippen molar-refractivity contribution >= 4 is 17.5 Å². The molecule has 1 aliphatic rings. The minimum Gasteiger partial charge on any atom is -0.493 e. The Bertz CT molecular complexity index is 873. The molecule has 0 spiro atoms. The molecule has 6 heteroatoms. The van der Waals surface area contributed by atoms with Gasteiger partial charge in [-0.25, -0.2) is 0 Å². The standard InChI is InChI=1S/C22H26N2O4/c1-15-12-17(22(26)24-10-4-5-11-24)7-8-18(15)23-21(25)14-16-6-9-19(27-2)20(13-16)28-3/h6-9,12-13H,4-5,10-11,14H2,1-3H3,(H,23,25). The lowest BCUT2D eigenvalue weighted by Crippen LogP contribution is -2.27. The maximum Gasteiger partial charge on any atom is 0.253 e. The van der Waals surface area contributed by atoms with E-state index in [0.29, 0.717) is 22.7 Å². The molecule has 0 bridgehead atoms. The summed E-state index contributed by atoms with van der Waals surface area (Å²) < 4.78 is 10.5. The van der Waals surface area contributed by atoms with Crippen LogP contribution in [0.2, 0.25) is 0 Å². The Kier molecular flexibility index (Phi) is 6.19. The minimum absolute atomic E-state index is 0.0591. The van der Waals surface area contributed by atoms with Gasteiger partial charge in [0.25, 0.3) is 5.91 Å². The number of hydrogen-bond acceptors (Lipinski definition) is 4. The fraction of sp³-hybridized carbons (Fsp3) is 0.364. The van der Waals surface area contributed by atoms with Gasteiger partial charge in [-0.05, 0) is 61.2 Å². The molecule has 0 saturated carbocycles. The normalized spacial score (nSPS) is 13.3. The molecule has 1 aliphatic heterocycles. The van der Waals surface area contributed by atoms with Gasteiger partial charge in [-0.1, -0.05) is 6.07 Å². The number of benzene rings is 2. The second-order valence-corrected chi connectivity index (χ2v) is 6.94. The zero-order valence-electron chi connectivity index (χ0n) is 16.6. The molecular formula is C22H26N2O4. The Morgan fingerprint density at radius 1 is 1.00 bits per heavy atom. The molecule has 0 radical (unpaired) electrons. The van der Waals surface area contributed by atoms with E-state index in [1.54, 1.807) is 38.5 Å². The maximum absolute atomic E-state index is 12.5. The highest BCUT2D eigenvalue weighted by molar-refractivity contribution is 5.97. The molecule has 0 aromatic heterocycles. The topological polar surface area (TPSA) is 67.9 Å². The first-order valence-electron chi connectivity index (χ1n) is 9.42. The molecule has 1 fully saturated rings. The summed E-state index contributed by atoms with van der Waals surface area (Å²) in [4.78, 5) is 26.8. The van der Waals surface area contributed by atoms with Gasteiger partial charge in [0.2, 0.25) is 5.91 Å². The molecule has 6 nitrogen and oxygen atoms in total. The highest BCUT2D eigenvalue weighted by atomic mass is 16.5. The molecule has 1 saturated heterocycles. The van der Waals surface area contributed by atoms with Crippen LogP contribution in [0.4, 0.5) is 5.69 Å². The Balaban J connectivity index is 1.66. The first-order valence-corrected chi connectivity index (χ1v) is 9.42. The Morgan fingerprint density at radius 3 is 2.36 bits per heavy atom. The first kappa shape index (κ1) is 19.7. The van der Waals surface area contributed by atoms with Crippen molar-refractivity contribution in [2.45, 2.75) is 26.2 Å². The predicted molar refractivity (Wildman–Crippen MR) is 108 cm³/mol. The van der Waals surface area contributed by atoms with Crippen molar-refractivity contribution in [3.63, 3.8) is 0 Å². The van der Waals surface area contributed by atoms with Crippen molar-refractivity contribution in [3.8, 4) is 11.5 Å². The summed E-state index contributed by atoms with van der Waals surface area (Å²) in [5, 5.41) is 2.92. The van der Waals surface area contributed by atoms with Crippen LogP contribution in [-0.2, 0) is 11.2 Å². The van der Waals surface area contributed by atoms with Gasteiger partial charge < -0.3 is 19.7 Å². The lowest BCUT2D eigenvalue weighted by atomic mass is 10.1. The van der Waals surface area contributed by atoms with Gasteiger partial charge in [0.15, 0.2) is 11.5 Å². The molecule has 2 amide bonds. The van der Waals surface area contributed by atoms with Crippen LogP contribution in [0.5, 0.6) is 11.5 Å². The van der Waals surface area contributed by atoms with E-state index in [2.05, 4.69) is 5.32 Å². The Hall–Kier alpha value is -3.02. The van der Waals surface area contributed by atoms with Crippen LogP contribution in [0, 0.1) is 6.92 Å². The number of nitrogens with zero attached hydrogens (tertiary/aromatic N) is 1. The molecule has 28 heavy (non-hydrogen) atoms. The van der Waals surface area contributed by atoms with E-state index in [9.17, 15) is 9.59 Å². The monoisotopic (exact) mass is 382 g/mol. The number of aryl methyl sites for hydroxylation is 1. The second kappa shape index (κ2) is 8.78. The lowest BCUT2D eigenvalue weighted by molar-refractivity contribution is -0.115. The molecule has 0 aliphatic carbocycles. The van der Waals surface area contributed by atoms with Crippen LogP contribution in [0.25, 0.3) is 0 Å². The molecule has 1 N–H and O–H groups in total. The number of methoxy groups -OCH3 is 2. The minimum atomic E-state index is -0.131. The molecule has 0 atom stereocenters. The van der Waals surface area contributed by atoms with Crippen LogP contribution in [0.3, 0.4) is 0 Å². The van der Waals surface area contributed by atoms with E-state index < -0.39 is 0 Å². The third-order valence-corrected chi connectivity index (χ3v) is 4.95. The van der Waals surface area contributed by atoms with Crippen molar-refractivity contribution in [3.05, 3.63) is 53.1 Å². The highest BCUT2D eigenvalue weighted by Gasteiger charge is 2.20. The van der Waals surface area contributed by atoms with Crippen LogP contribution in [-0.4, -0.2) is 44.0 Å². The summed E-state index contributed by atoms with van der Waals surface area (Å²) in [6.07, 6.45) is 2.35.